The number of halogens is 1. The summed E-state index contributed by atoms with van der Waals surface area (Å²) in [6.45, 7) is 0. The zero-order chi connectivity index (χ0) is 0. The third kappa shape index (κ3) is 8.87. The number of rotatable bonds is 0. The molecule has 0 fully saturated rings. The van der Waals surface area contributed by atoms with E-state index in [2.05, 4.69) is 0 Å². The van der Waals surface area contributed by atoms with E-state index in [1.54, 1.807) is 0 Å². The maximum atomic E-state index is 0. The van der Waals surface area contributed by atoms with Crippen molar-refractivity contribution >= 4 is 72.5 Å². The third-order valence-electron chi connectivity index (χ3n) is 0. The first kappa shape index (κ1) is 34.0. The van der Waals surface area contributed by atoms with Gasteiger partial charge in [-0.05, 0) is 0 Å². The maximum absolute atomic E-state index is 0. The normalized spacial score (nSPS) is 0. The predicted molar refractivity (Wildman–Crippen MR) is 30.4 cm³/mol. The quantitative estimate of drug-likeness (QED) is 0.315. The SMILES string of the molecule is F.[AlH3].[AlH3].[Ca+2].[H-].[H-]. The maximum Gasteiger partial charge on any atom is 2.00 e. The zero-order valence-corrected chi connectivity index (χ0v) is 3.32. The minimum atomic E-state index is 0. The van der Waals surface area contributed by atoms with Gasteiger partial charge in [0.2, 0.25) is 0 Å². The Morgan fingerprint density at radius 3 is 1.00 bits per heavy atom. The molecule has 0 radical (unpaired) electrons. The van der Waals surface area contributed by atoms with Crippen LogP contribution in [0.5, 0.6) is 0 Å². The van der Waals surface area contributed by atoms with Gasteiger partial charge in [0, 0.05) is 0 Å². The average Bonchev–Trinajstić information content (AvgIpc) is 0. The molecule has 0 saturated heterocycles. The molecular weight excluding hydrogens is 113 g/mol. The molecule has 0 aromatic carbocycles. The molecule has 0 saturated carbocycles. The molecule has 24 valence electrons. The second-order valence-corrected chi connectivity index (χ2v) is 0. The van der Waals surface area contributed by atoms with Gasteiger partial charge in [0.15, 0.2) is 34.7 Å². The molecule has 0 heterocycles. The van der Waals surface area contributed by atoms with Crippen LogP contribution in [0.4, 0.5) is 4.70 Å². The average molecular weight is 122 g/mol. The van der Waals surface area contributed by atoms with E-state index in [0.717, 1.165) is 0 Å². The van der Waals surface area contributed by atoms with Gasteiger partial charge in [-0.3, -0.25) is 4.70 Å². The standard InChI is InChI=1S/2Al.Ca.FH.8H/h;;;1H;;;;;;;;/q;;+2;;;;;;;;2*-1. The van der Waals surface area contributed by atoms with Gasteiger partial charge in [-0.15, -0.1) is 0 Å². The van der Waals surface area contributed by atoms with Crippen LogP contribution >= 0.6 is 0 Å². The second kappa shape index (κ2) is 18.7. The fraction of sp³-hybridized carbons (Fsp3) is 0. The number of hydrogen-bond acceptors (Lipinski definition) is 0. The van der Waals surface area contributed by atoms with E-state index >= 15 is 0 Å². The first-order valence-electron chi connectivity index (χ1n) is 0. The fourth-order valence-corrected chi connectivity index (χ4v) is 0. The van der Waals surface area contributed by atoms with Crippen LogP contribution in [0.2, 0.25) is 0 Å². The Morgan fingerprint density at radius 2 is 1.00 bits per heavy atom. The summed E-state index contributed by atoms with van der Waals surface area (Å²) in [4.78, 5) is 0. The van der Waals surface area contributed by atoms with Gasteiger partial charge >= 0.3 is 37.7 Å². The predicted octanol–water partition coefficient (Wildman–Crippen LogP) is -2.37. The van der Waals surface area contributed by atoms with Crippen molar-refractivity contribution in [3.05, 3.63) is 0 Å². The van der Waals surface area contributed by atoms with Crippen molar-refractivity contribution < 1.29 is 7.56 Å². The Kier molecular flexibility index (Phi) is 159. The van der Waals surface area contributed by atoms with Crippen molar-refractivity contribution in [2.75, 3.05) is 0 Å². The molecule has 4 heteroatoms. The minimum absolute atomic E-state index is 0. The van der Waals surface area contributed by atoms with Crippen LogP contribution in [0.25, 0.3) is 0 Å². The molecule has 0 rings (SSSR count). The van der Waals surface area contributed by atoms with Gasteiger partial charge in [-0.25, -0.2) is 0 Å². The van der Waals surface area contributed by atoms with Gasteiger partial charge in [0.1, 0.15) is 0 Å². The van der Waals surface area contributed by atoms with E-state index in [0.29, 0.717) is 0 Å². The van der Waals surface area contributed by atoms with Crippen LogP contribution in [-0.4, -0.2) is 72.5 Å². The van der Waals surface area contributed by atoms with Crippen LogP contribution in [0.3, 0.4) is 0 Å². The molecule has 0 amide bonds. The zero-order valence-electron chi connectivity index (χ0n) is 3.12. The summed E-state index contributed by atoms with van der Waals surface area (Å²) in [6, 6.07) is 0. The third-order valence-corrected chi connectivity index (χ3v) is 0. The smallest absolute Gasteiger partial charge is 1.00 e. The van der Waals surface area contributed by atoms with Crippen molar-refractivity contribution in [3.63, 3.8) is 0 Å². The summed E-state index contributed by atoms with van der Waals surface area (Å²) in [7, 11) is 0. The molecule has 0 aliphatic rings. The molecule has 0 aromatic rings. The number of hydrogen-bond donors (Lipinski definition) is 0. The summed E-state index contributed by atoms with van der Waals surface area (Å²) in [5, 5.41) is 0. The van der Waals surface area contributed by atoms with E-state index < -0.39 is 0 Å². The minimum Gasteiger partial charge on any atom is -1.00 e. The second-order valence-electron chi connectivity index (χ2n) is 0. The Hall–Kier alpha value is 2.25. The van der Waals surface area contributed by atoms with Crippen LogP contribution in [-0.2, 0) is 0 Å². The van der Waals surface area contributed by atoms with E-state index in [1.807, 2.05) is 0 Å². The monoisotopic (exact) mass is 122 g/mol. The van der Waals surface area contributed by atoms with Gasteiger partial charge in [0.25, 0.3) is 0 Å². The Bertz CT molecular complexity index is 11.5. The van der Waals surface area contributed by atoms with E-state index in [-0.39, 0.29) is 80.0 Å². The molecule has 0 atom stereocenters. The fourth-order valence-electron chi connectivity index (χ4n) is 0. The van der Waals surface area contributed by atoms with Crippen LogP contribution in [0, 0.1) is 0 Å². The van der Waals surface area contributed by atoms with Crippen molar-refractivity contribution in [2.45, 2.75) is 0 Å². The molecule has 0 bridgehead atoms. The van der Waals surface area contributed by atoms with Crippen LogP contribution in [0.15, 0.2) is 0 Å². The largest absolute Gasteiger partial charge is 2.00 e. The molecule has 4 heavy (non-hydrogen) atoms. The summed E-state index contributed by atoms with van der Waals surface area (Å²) in [5.41, 5.74) is 0. The van der Waals surface area contributed by atoms with E-state index in [4.69, 9.17) is 0 Å². The van der Waals surface area contributed by atoms with E-state index in [1.165, 1.54) is 0 Å². The summed E-state index contributed by atoms with van der Waals surface area (Å²) < 4.78 is 0. The Balaban J connectivity index is 0. The van der Waals surface area contributed by atoms with E-state index in [9.17, 15) is 0 Å². The summed E-state index contributed by atoms with van der Waals surface area (Å²) in [6.07, 6.45) is 0. The van der Waals surface area contributed by atoms with Gasteiger partial charge < -0.3 is 2.85 Å². The van der Waals surface area contributed by atoms with Crippen molar-refractivity contribution in [2.24, 2.45) is 0 Å². The molecular formula is H9Al2CaF. The van der Waals surface area contributed by atoms with Gasteiger partial charge in [0.05, 0.1) is 0 Å². The van der Waals surface area contributed by atoms with Crippen molar-refractivity contribution in [1.29, 1.82) is 0 Å². The topological polar surface area (TPSA) is 0 Å². The van der Waals surface area contributed by atoms with Gasteiger partial charge in [-0.2, -0.15) is 0 Å². The summed E-state index contributed by atoms with van der Waals surface area (Å²) in [5.74, 6) is 0. The first-order chi connectivity index (χ1) is 0. The molecule has 0 nitrogen and oxygen atoms in total. The Labute approximate surface area is 78.9 Å². The van der Waals surface area contributed by atoms with Crippen molar-refractivity contribution in [3.8, 4) is 0 Å². The molecule has 0 aliphatic heterocycles. The summed E-state index contributed by atoms with van der Waals surface area (Å²) >= 11 is 0. The molecule has 0 unspecified atom stereocenters. The molecule has 0 spiro atoms. The van der Waals surface area contributed by atoms with Crippen molar-refractivity contribution in [1.82, 2.24) is 0 Å². The molecule has 0 aromatic heterocycles. The van der Waals surface area contributed by atoms with Crippen LogP contribution in [0.1, 0.15) is 2.85 Å². The first-order valence-corrected chi connectivity index (χ1v) is 0. The van der Waals surface area contributed by atoms with Gasteiger partial charge in [-0.1, -0.05) is 0 Å². The molecule has 0 N–H and O–H groups in total. The molecule has 0 aliphatic carbocycles. The van der Waals surface area contributed by atoms with Crippen LogP contribution < -0.4 is 0 Å². The Morgan fingerprint density at radius 1 is 1.00 bits per heavy atom.